The Balaban J connectivity index is 1.56. The molecular weight excluding hydrogens is 436 g/mol. The van der Waals surface area contributed by atoms with Crippen LogP contribution >= 0.6 is 22.9 Å². The van der Waals surface area contributed by atoms with Crippen LogP contribution in [0, 0.1) is 6.92 Å². The second-order valence-corrected chi connectivity index (χ2v) is 8.70. The number of anilines is 2. The summed E-state index contributed by atoms with van der Waals surface area (Å²) in [6.07, 6.45) is 1.69. The highest BCUT2D eigenvalue weighted by atomic mass is 35.5. The molecule has 1 unspecified atom stereocenters. The first-order valence-electron chi connectivity index (χ1n) is 9.92. The molecule has 1 aliphatic rings. The van der Waals surface area contributed by atoms with Gasteiger partial charge in [0.05, 0.1) is 29.5 Å². The van der Waals surface area contributed by atoms with Crippen molar-refractivity contribution in [2.45, 2.75) is 12.8 Å². The molecule has 0 spiro atoms. The largest absolute Gasteiger partial charge is 0.379 e. The lowest BCUT2D eigenvalue weighted by Crippen LogP contribution is -2.41. The zero-order chi connectivity index (χ0) is 21.8. The maximum absolute atomic E-state index is 12.2. The second kappa shape index (κ2) is 9.69. The lowest BCUT2D eigenvalue weighted by Gasteiger charge is -2.28. The molecule has 4 rings (SSSR count). The molecule has 3 heterocycles. The van der Waals surface area contributed by atoms with Crippen LogP contribution < -0.4 is 11.1 Å². The van der Waals surface area contributed by atoms with Gasteiger partial charge in [0, 0.05) is 36.5 Å². The third-order valence-electron chi connectivity index (χ3n) is 4.99. The number of hydrogen-bond donors (Lipinski definition) is 2. The number of aryl methyl sites for hydroxylation is 1. The van der Waals surface area contributed by atoms with E-state index in [2.05, 4.69) is 25.2 Å². The lowest BCUT2D eigenvalue weighted by atomic mass is 10.1. The van der Waals surface area contributed by atoms with Crippen LogP contribution in [0.5, 0.6) is 0 Å². The number of aromatic nitrogens is 3. The van der Waals surface area contributed by atoms with Gasteiger partial charge in [0.1, 0.15) is 10.9 Å². The number of amides is 1. The molecule has 1 saturated heterocycles. The fourth-order valence-corrected chi connectivity index (χ4v) is 4.61. The number of halogens is 1. The quantitative estimate of drug-likeness (QED) is 0.559. The minimum Gasteiger partial charge on any atom is -0.379 e. The van der Waals surface area contributed by atoms with E-state index in [4.69, 9.17) is 22.1 Å². The maximum atomic E-state index is 12.2. The Morgan fingerprint density at radius 2 is 2.00 bits per heavy atom. The highest BCUT2D eigenvalue weighted by Gasteiger charge is 2.27. The van der Waals surface area contributed by atoms with Gasteiger partial charge in [-0.1, -0.05) is 11.6 Å². The number of morpholine rings is 1. The van der Waals surface area contributed by atoms with Gasteiger partial charge in [-0.2, -0.15) is 0 Å². The zero-order valence-corrected chi connectivity index (χ0v) is 18.6. The summed E-state index contributed by atoms with van der Waals surface area (Å²) >= 11 is 7.39. The zero-order valence-electron chi connectivity index (χ0n) is 17.0. The van der Waals surface area contributed by atoms with E-state index in [-0.39, 0.29) is 5.91 Å². The van der Waals surface area contributed by atoms with E-state index < -0.39 is 5.92 Å². The third-order valence-corrected chi connectivity index (χ3v) is 6.53. The number of hydrogen-bond acceptors (Lipinski definition) is 8. The van der Waals surface area contributed by atoms with E-state index in [1.54, 1.807) is 18.3 Å². The maximum Gasteiger partial charge on any atom is 0.228 e. The Kier molecular flexibility index (Phi) is 6.77. The van der Waals surface area contributed by atoms with Crippen LogP contribution in [-0.2, 0) is 9.53 Å². The van der Waals surface area contributed by atoms with Gasteiger partial charge >= 0.3 is 0 Å². The number of thiazole rings is 1. The number of nitrogens with one attached hydrogen (secondary N) is 1. The lowest BCUT2D eigenvalue weighted by molar-refractivity contribution is -0.120. The van der Waals surface area contributed by atoms with Crippen LogP contribution in [0.3, 0.4) is 0 Å². The van der Waals surface area contributed by atoms with Crippen molar-refractivity contribution in [3.8, 4) is 10.6 Å². The minimum absolute atomic E-state index is 0.375. The molecule has 1 amide bonds. The van der Waals surface area contributed by atoms with Crippen molar-refractivity contribution < 1.29 is 9.53 Å². The highest BCUT2D eigenvalue weighted by Crippen LogP contribution is 2.33. The van der Waals surface area contributed by atoms with E-state index in [1.165, 1.54) is 11.3 Å². The fraction of sp³-hybridized carbons (Fsp3) is 0.333. The molecule has 2 aromatic heterocycles. The predicted octanol–water partition coefficient (Wildman–Crippen LogP) is 3.21. The van der Waals surface area contributed by atoms with Gasteiger partial charge in [-0.25, -0.2) is 15.0 Å². The number of benzene rings is 1. The number of rotatable bonds is 7. The van der Waals surface area contributed by atoms with E-state index in [9.17, 15) is 4.79 Å². The number of carbonyl (C=O) groups excluding carboxylic acids is 1. The SMILES string of the molecule is Cc1nc(C(CN2CCOCC2)C(N)=O)sc1-c1ccnc(Nc2ccc(Cl)cc2)n1. The van der Waals surface area contributed by atoms with Crippen molar-refractivity contribution >= 4 is 40.5 Å². The standard InChI is InChI=1S/C21H23ClN6O2S/c1-13-18(17-6-7-24-21(27-17)26-15-4-2-14(22)3-5-15)31-20(25-13)16(19(23)29)12-28-8-10-30-11-9-28/h2-7,16H,8-12H2,1H3,(H2,23,29)(H,24,26,27). The molecule has 31 heavy (non-hydrogen) atoms. The van der Waals surface area contributed by atoms with Crippen LogP contribution in [0.4, 0.5) is 11.6 Å². The molecule has 3 N–H and O–H groups in total. The molecule has 8 nitrogen and oxygen atoms in total. The van der Waals surface area contributed by atoms with E-state index >= 15 is 0 Å². The topological polar surface area (TPSA) is 106 Å². The van der Waals surface area contributed by atoms with Gasteiger partial charge in [-0.3, -0.25) is 9.69 Å². The molecule has 1 aromatic carbocycles. The molecular formula is C21H23ClN6O2S. The van der Waals surface area contributed by atoms with Crippen molar-refractivity contribution in [3.05, 3.63) is 52.3 Å². The van der Waals surface area contributed by atoms with Crippen molar-refractivity contribution in [3.63, 3.8) is 0 Å². The highest BCUT2D eigenvalue weighted by molar-refractivity contribution is 7.15. The van der Waals surface area contributed by atoms with Gasteiger partial charge in [0.15, 0.2) is 0 Å². The van der Waals surface area contributed by atoms with Gasteiger partial charge in [-0.15, -0.1) is 11.3 Å². The van der Waals surface area contributed by atoms with Gasteiger partial charge in [0.25, 0.3) is 0 Å². The number of primary amides is 1. The van der Waals surface area contributed by atoms with Crippen LogP contribution in [0.25, 0.3) is 10.6 Å². The first-order valence-corrected chi connectivity index (χ1v) is 11.1. The van der Waals surface area contributed by atoms with Crippen molar-refractivity contribution in [2.24, 2.45) is 5.73 Å². The smallest absolute Gasteiger partial charge is 0.228 e. The number of carbonyl (C=O) groups is 1. The van der Waals surface area contributed by atoms with Gasteiger partial charge in [0.2, 0.25) is 11.9 Å². The van der Waals surface area contributed by atoms with Crippen LogP contribution in [0.2, 0.25) is 5.02 Å². The van der Waals surface area contributed by atoms with Crippen LogP contribution in [-0.4, -0.2) is 58.6 Å². The summed E-state index contributed by atoms with van der Waals surface area (Å²) in [5.41, 5.74) is 8.11. The van der Waals surface area contributed by atoms with E-state index in [0.29, 0.717) is 35.7 Å². The fourth-order valence-electron chi connectivity index (χ4n) is 3.34. The Bertz CT molecular complexity index is 1050. The van der Waals surface area contributed by atoms with Gasteiger partial charge < -0.3 is 15.8 Å². The van der Waals surface area contributed by atoms with Gasteiger partial charge in [-0.05, 0) is 37.3 Å². The first kappa shape index (κ1) is 21.6. The van der Waals surface area contributed by atoms with Crippen molar-refractivity contribution in [1.29, 1.82) is 0 Å². The predicted molar refractivity (Wildman–Crippen MR) is 122 cm³/mol. The summed E-state index contributed by atoms with van der Waals surface area (Å²) in [6, 6.07) is 9.14. The molecule has 0 aliphatic carbocycles. The van der Waals surface area contributed by atoms with Crippen molar-refractivity contribution in [1.82, 2.24) is 19.9 Å². The van der Waals surface area contributed by atoms with Crippen molar-refractivity contribution in [2.75, 3.05) is 38.2 Å². The Hall–Kier alpha value is -2.59. The summed E-state index contributed by atoms with van der Waals surface area (Å²) < 4.78 is 5.39. The third kappa shape index (κ3) is 5.37. The first-order chi connectivity index (χ1) is 15.0. The number of nitrogens with two attached hydrogens (primary N) is 1. The second-order valence-electron chi connectivity index (χ2n) is 7.23. The van der Waals surface area contributed by atoms with Crippen LogP contribution in [0.15, 0.2) is 36.5 Å². The molecule has 162 valence electrons. The monoisotopic (exact) mass is 458 g/mol. The molecule has 0 saturated carbocycles. The molecule has 3 aromatic rings. The van der Waals surface area contributed by atoms with E-state index in [0.717, 1.165) is 35.0 Å². The summed E-state index contributed by atoms with van der Waals surface area (Å²) in [6.45, 7) is 5.35. The molecule has 1 aliphatic heterocycles. The van der Waals surface area contributed by atoms with E-state index in [1.807, 2.05) is 25.1 Å². The Morgan fingerprint density at radius 3 is 2.71 bits per heavy atom. The summed E-state index contributed by atoms with van der Waals surface area (Å²) in [5, 5.41) is 4.54. The average Bonchev–Trinajstić information content (AvgIpc) is 3.15. The molecule has 1 fully saturated rings. The number of nitrogens with zero attached hydrogens (tertiary/aromatic N) is 4. The molecule has 1 atom stereocenters. The minimum atomic E-state index is -0.468. The molecule has 10 heteroatoms. The Morgan fingerprint density at radius 1 is 1.26 bits per heavy atom. The van der Waals surface area contributed by atoms with Crippen LogP contribution in [0.1, 0.15) is 16.6 Å². The summed E-state index contributed by atoms with van der Waals surface area (Å²) in [7, 11) is 0. The summed E-state index contributed by atoms with van der Waals surface area (Å²) in [4.78, 5) is 28.9. The molecule has 0 radical (unpaired) electrons. The molecule has 0 bridgehead atoms. The number of ether oxygens (including phenoxy) is 1. The average molecular weight is 459 g/mol. The normalized spacial score (nSPS) is 15.5. The Labute approximate surface area is 189 Å². The summed E-state index contributed by atoms with van der Waals surface area (Å²) in [5.74, 6) is -0.377.